The van der Waals surface area contributed by atoms with Gasteiger partial charge in [0.1, 0.15) is 5.75 Å². The van der Waals surface area contributed by atoms with Gasteiger partial charge in [-0.1, -0.05) is 31.4 Å². The van der Waals surface area contributed by atoms with Crippen LogP contribution in [-0.2, 0) is 11.3 Å². The van der Waals surface area contributed by atoms with E-state index in [1.54, 1.807) is 7.11 Å². The molecule has 0 radical (unpaired) electrons. The maximum atomic E-state index is 12.1. The zero-order chi connectivity index (χ0) is 18.6. The molecule has 0 saturated heterocycles. The van der Waals surface area contributed by atoms with Crippen molar-refractivity contribution < 1.29 is 9.53 Å². The van der Waals surface area contributed by atoms with Gasteiger partial charge in [-0.05, 0) is 37.5 Å². The Morgan fingerprint density at radius 3 is 2.70 bits per heavy atom. The Bertz CT molecular complexity index is 589. The van der Waals surface area contributed by atoms with E-state index in [-0.39, 0.29) is 29.9 Å². The lowest BCUT2D eigenvalue weighted by Gasteiger charge is -2.22. The molecule has 1 saturated carbocycles. The van der Waals surface area contributed by atoms with E-state index < -0.39 is 0 Å². The molecule has 0 unspecified atom stereocenters. The van der Waals surface area contributed by atoms with Gasteiger partial charge in [0.2, 0.25) is 5.91 Å². The third kappa shape index (κ3) is 9.30. The average molecular weight is 488 g/mol. The molecule has 152 valence electrons. The molecule has 0 bridgehead atoms. The maximum absolute atomic E-state index is 12.1. The maximum Gasteiger partial charge on any atom is 0.221 e. The number of hydrogen-bond donors (Lipinski definition) is 3. The highest BCUT2D eigenvalue weighted by Gasteiger charge is 2.15. The Hall–Kier alpha value is -1.51. The summed E-state index contributed by atoms with van der Waals surface area (Å²) in [5.41, 5.74) is 1.08. The minimum absolute atomic E-state index is 0. The second kappa shape index (κ2) is 13.6. The predicted octanol–water partition coefficient (Wildman–Crippen LogP) is 3.21. The molecule has 3 N–H and O–H groups in total. The fourth-order valence-corrected chi connectivity index (χ4v) is 3.12. The Labute approximate surface area is 179 Å². The Morgan fingerprint density at radius 1 is 1.22 bits per heavy atom. The molecule has 1 amide bonds. The second-order valence-electron chi connectivity index (χ2n) is 6.63. The fourth-order valence-electron chi connectivity index (χ4n) is 3.12. The molecule has 1 aromatic carbocycles. The Kier molecular flexibility index (Phi) is 11.9. The van der Waals surface area contributed by atoms with Gasteiger partial charge in [0.25, 0.3) is 0 Å². The average Bonchev–Trinajstić information content (AvgIpc) is 2.67. The van der Waals surface area contributed by atoms with Crippen molar-refractivity contribution in [1.82, 2.24) is 16.0 Å². The molecule has 0 aliphatic heterocycles. The molecular weight excluding hydrogens is 455 g/mol. The molecule has 7 heteroatoms. The number of carbonyl (C=O) groups excluding carboxylic acids is 1. The van der Waals surface area contributed by atoms with E-state index in [9.17, 15) is 4.79 Å². The zero-order valence-corrected chi connectivity index (χ0v) is 18.8. The first-order valence-electron chi connectivity index (χ1n) is 9.65. The van der Waals surface area contributed by atoms with E-state index in [1.165, 1.54) is 19.3 Å². The minimum Gasteiger partial charge on any atom is -0.497 e. The van der Waals surface area contributed by atoms with Crippen LogP contribution >= 0.6 is 24.0 Å². The molecule has 0 spiro atoms. The molecule has 0 heterocycles. The number of nitrogens with zero attached hydrogens (tertiary/aromatic N) is 1. The van der Waals surface area contributed by atoms with Crippen LogP contribution in [0.1, 0.15) is 51.0 Å². The number of aliphatic imine (C=N–C) groups is 1. The van der Waals surface area contributed by atoms with Crippen LogP contribution in [0.5, 0.6) is 5.75 Å². The number of guanidine groups is 1. The van der Waals surface area contributed by atoms with Crippen LogP contribution in [0.15, 0.2) is 29.3 Å². The highest BCUT2D eigenvalue weighted by Crippen LogP contribution is 2.17. The van der Waals surface area contributed by atoms with Crippen molar-refractivity contribution in [3.05, 3.63) is 29.8 Å². The zero-order valence-electron chi connectivity index (χ0n) is 16.4. The van der Waals surface area contributed by atoms with Gasteiger partial charge in [0.15, 0.2) is 5.96 Å². The van der Waals surface area contributed by atoms with E-state index in [4.69, 9.17) is 4.74 Å². The van der Waals surface area contributed by atoms with Gasteiger partial charge in [-0.25, -0.2) is 4.99 Å². The second-order valence-corrected chi connectivity index (χ2v) is 6.63. The van der Waals surface area contributed by atoms with E-state index >= 15 is 0 Å². The summed E-state index contributed by atoms with van der Waals surface area (Å²) in [6.07, 6.45) is 6.44. The van der Waals surface area contributed by atoms with Gasteiger partial charge in [0, 0.05) is 25.6 Å². The van der Waals surface area contributed by atoms with Gasteiger partial charge < -0.3 is 20.7 Å². The lowest BCUT2D eigenvalue weighted by molar-refractivity contribution is -0.121. The summed E-state index contributed by atoms with van der Waals surface area (Å²) >= 11 is 0. The van der Waals surface area contributed by atoms with E-state index in [0.29, 0.717) is 25.6 Å². The van der Waals surface area contributed by atoms with Crippen molar-refractivity contribution in [2.45, 2.75) is 58.0 Å². The molecule has 1 aliphatic carbocycles. The van der Waals surface area contributed by atoms with Crippen molar-refractivity contribution in [2.75, 3.05) is 20.2 Å². The van der Waals surface area contributed by atoms with Crippen LogP contribution in [0.25, 0.3) is 0 Å². The molecule has 0 atom stereocenters. The van der Waals surface area contributed by atoms with Crippen LogP contribution in [0.3, 0.4) is 0 Å². The summed E-state index contributed by atoms with van der Waals surface area (Å²) in [7, 11) is 1.66. The van der Waals surface area contributed by atoms with Crippen molar-refractivity contribution in [2.24, 2.45) is 4.99 Å². The molecular formula is C20H33IN4O2. The topological polar surface area (TPSA) is 74.8 Å². The Morgan fingerprint density at radius 2 is 2.00 bits per heavy atom. The summed E-state index contributed by atoms with van der Waals surface area (Å²) in [6.45, 7) is 3.93. The number of halogens is 1. The summed E-state index contributed by atoms with van der Waals surface area (Å²) in [5, 5.41) is 9.59. The molecule has 6 nitrogen and oxygen atoms in total. The van der Waals surface area contributed by atoms with Crippen molar-refractivity contribution >= 4 is 35.8 Å². The number of nitrogens with one attached hydrogen (secondary N) is 3. The molecule has 0 aromatic heterocycles. The van der Waals surface area contributed by atoms with E-state index in [0.717, 1.165) is 36.7 Å². The quantitative estimate of drug-likeness (QED) is 0.299. The highest BCUT2D eigenvalue weighted by molar-refractivity contribution is 14.0. The first-order chi connectivity index (χ1) is 12.7. The summed E-state index contributed by atoms with van der Waals surface area (Å²) in [4.78, 5) is 16.7. The largest absolute Gasteiger partial charge is 0.497 e. The Balaban J connectivity index is 0.00000364. The van der Waals surface area contributed by atoms with E-state index in [2.05, 4.69) is 20.9 Å². The van der Waals surface area contributed by atoms with Gasteiger partial charge in [-0.2, -0.15) is 0 Å². The minimum atomic E-state index is 0. The molecule has 1 fully saturated rings. The predicted molar refractivity (Wildman–Crippen MR) is 121 cm³/mol. The van der Waals surface area contributed by atoms with Crippen LogP contribution < -0.4 is 20.7 Å². The lowest BCUT2D eigenvalue weighted by atomic mass is 9.95. The van der Waals surface area contributed by atoms with Crippen molar-refractivity contribution in [1.29, 1.82) is 0 Å². The van der Waals surface area contributed by atoms with Gasteiger partial charge in [0.05, 0.1) is 13.7 Å². The summed E-state index contributed by atoms with van der Waals surface area (Å²) in [5.74, 6) is 1.67. The van der Waals surface area contributed by atoms with E-state index in [1.807, 2.05) is 31.2 Å². The normalized spacial score (nSPS) is 14.8. The van der Waals surface area contributed by atoms with Gasteiger partial charge >= 0.3 is 0 Å². The molecule has 2 rings (SSSR count). The number of carbonyl (C=O) groups is 1. The fraction of sp³-hybridized carbons (Fsp3) is 0.600. The molecule has 1 aromatic rings. The monoisotopic (exact) mass is 488 g/mol. The standard InChI is InChI=1S/C20H32N4O2.HI/c1-3-21-20(23-15-16-8-7-11-18(14-16)26-2)22-13-12-19(25)24-17-9-5-4-6-10-17;/h7-8,11,14,17H,3-6,9-10,12-13,15H2,1-2H3,(H,24,25)(H2,21,22,23);1H. The first-order valence-corrected chi connectivity index (χ1v) is 9.65. The first kappa shape index (κ1) is 23.5. The highest BCUT2D eigenvalue weighted by atomic mass is 127. The lowest BCUT2D eigenvalue weighted by Crippen LogP contribution is -2.41. The van der Waals surface area contributed by atoms with Crippen LogP contribution in [-0.4, -0.2) is 38.1 Å². The number of rotatable bonds is 8. The SMILES string of the molecule is CCNC(=NCc1cccc(OC)c1)NCCC(=O)NC1CCCCC1.I. The van der Waals surface area contributed by atoms with Crippen molar-refractivity contribution in [3.8, 4) is 5.75 Å². The van der Waals surface area contributed by atoms with Crippen LogP contribution in [0.2, 0.25) is 0 Å². The summed E-state index contributed by atoms with van der Waals surface area (Å²) < 4.78 is 5.24. The smallest absolute Gasteiger partial charge is 0.221 e. The summed E-state index contributed by atoms with van der Waals surface area (Å²) in [6, 6.07) is 8.24. The third-order valence-electron chi connectivity index (χ3n) is 4.51. The van der Waals surface area contributed by atoms with Crippen molar-refractivity contribution in [3.63, 3.8) is 0 Å². The number of amides is 1. The van der Waals surface area contributed by atoms with Crippen LogP contribution in [0, 0.1) is 0 Å². The van der Waals surface area contributed by atoms with Gasteiger partial charge in [-0.15, -0.1) is 24.0 Å². The molecule has 27 heavy (non-hydrogen) atoms. The third-order valence-corrected chi connectivity index (χ3v) is 4.51. The van der Waals surface area contributed by atoms with Gasteiger partial charge in [-0.3, -0.25) is 4.79 Å². The van der Waals surface area contributed by atoms with Crippen LogP contribution in [0.4, 0.5) is 0 Å². The number of benzene rings is 1. The number of methoxy groups -OCH3 is 1. The molecule has 1 aliphatic rings. The number of ether oxygens (including phenoxy) is 1. The number of hydrogen-bond acceptors (Lipinski definition) is 3.